The normalized spacial score (nSPS) is 13.8. The molecule has 1 heterocycles. The Morgan fingerprint density at radius 1 is 1.68 bits per heavy atom. The summed E-state index contributed by atoms with van der Waals surface area (Å²) in [5.41, 5.74) is 0.958. The van der Waals surface area contributed by atoms with Crippen molar-refractivity contribution in [1.82, 2.24) is 9.78 Å². The minimum Gasteiger partial charge on any atom is -0.462 e. The number of esters is 1. The van der Waals surface area contributed by atoms with Gasteiger partial charge < -0.3 is 4.74 Å². The molecule has 22 heavy (non-hydrogen) atoms. The van der Waals surface area contributed by atoms with Crippen LogP contribution in [-0.4, -0.2) is 34.5 Å². The van der Waals surface area contributed by atoms with E-state index in [9.17, 15) is 4.79 Å². The van der Waals surface area contributed by atoms with Crippen molar-refractivity contribution in [3.63, 3.8) is 0 Å². The standard InChI is InChI=1S/C15H19BrClN3O2/c1-5-22-15(21)12-9-20(19-14(12)16)13(11(3)17)8-6-7-10(2)18-4/h6-7,9,11,13H,2,4-5,8H2,1,3H3/b7-6-/t11?,13-/m1/s1. The molecular weight excluding hydrogens is 370 g/mol. The van der Waals surface area contributed by atoms with Crippen LogP contribution in [-0.2, 0) is 4.74 Å². The van der Waals surface area contributed by atoms with Gasteiger partial charge >= 0.3 is 5.97 Å². The second kappa shape index (κ2) is 8.90. The number of allylic oxidation sites excluding steroid dienone is 2. The lowest BCUT2D eigenvalue weighted by molar-refractivity contribution is 0.0525. The molecule has 120 valence electrons. The second-order valence-corrected chi connectivity index (χ2v) is 6.01. The number of halogens is 2. The van der Waals surface area contributed by atoms with E-state index in [-0.39, 0.29) is 11.4 Å². The first-order valence-corrected chi connectivity index (χ1v) is 8.01. The van der Waals surface area contributed by atoms with E-state index < -0.39 is 5.97 Å². The van der Waals surface area contributed by atoms with Gasteiger partial charge in [-0.25, -0.2) is 4.79 Å². The summed E-state index contributed by atoms with van der Waals surface area (Å²) in [6, 6.07) is -0.116. The zero-order valence-corrected chi connectivity index (χ0v) is 15.0. The molecular formula is C15H19BrClN3O2. The number of hydrogen-bond donors (Lipinski definition) is 0. The smallest absolute Gasteiger partial charge is 0.342 e. The van der Waals surface area contributed by atoms with Crippen LogP contribution in [0.3, 0.4) is 0 Å². The van der Waals surface area contributed by atoms with Crippen molar-refractivity contribution < 1.29 is 9.53 Å². The van der Waals surface area contributed by atoms with Crippen LogP contribution in [0.25, 0.3) is 0 Å². The summed E-state index contributed by atoms with van der Waals surface area (Å²) in [6.07, 6.45) is 5.93. The lowest BCUT2D eigenvalue weighted by atomic mass is 10.1. The van der Waals surface area contributed by atoms with Gasteiger partial charge in [-0.2, -0.15) is 5.10 Å². The van der Waals surface area contributed by atoms with Crippen molar-refractivity contribution >= 4 is 40.2 Å². The third kappa shape index (κ3) is 5.10. The quantitative estimate of drug-likeness (QED) is 0.291. The fraction of sp³-hybridized carbons (Fsp3) is 0.400. The van der Waals surface area contributed by atoms with E-state index in [1.807, 2.05) is 13.0 Å². The summed E-state index contributed by atoms with van der Waals surface area (Å²) in [6.45, 7) is 11.1. The molecule has 0 aliphatic heterocycles. The molecule has 0 bridgehead atoms. The van der Waals surface area contributed by atoms with Crippen LogP contribution in [0.4, 0.5) is 0 Å². The number of hydrogen-bond acceptors (Lipinski definition) is 4. The van der Waals surface area contributed by atoms with Crippen molar-refractivity contribution in [2.45, 2.75) is 31.7 Å². The Kier molecular flexibility index (Phi) is 7.55. The minimum absolute atomic E-state index is 0.116. The lowest BCUT2D eigenvalue weighted by Crippen LogP contribution is -2.17. The van der Waals surface area contributed by atoms with Crippen LogP contribution in [0.15, 0.2) is 40.2 Å². The molecule has 0 aliphatic carbocycles. The highest BCUT2D eigenvalue weighted by Gasteiger charge is 2.22. The molecule has 0 N–H and O–H groups in total. The van der Waals surface area contributed by atoms with E-state index in [1.54, 1.807) is 23.9 Å². The molecule has 0 fully saturated rings. The van der Waals surface area contributed by atoms with Gasteiger partial charge in [0.25, 0.3) is 0 Å². The maximum atomic E-state index is 11.8. The van der Waals surface area contributed by atoms with Crippen LogP contribution in [0.5, 0.6) is 0 Å². The van der Waals surface area contributed by atoms with Gasteiger partial charge in [0.05, 0.1) is 23.7 Å². The molecule has 0 spiro atoms. The van der Waals surface area contributed by atoms with E-state index in [2.05, 4.69) is 39.3 Å². The van der Waals surface area contributed by atoms with Gasteiger partial charge in [0.1, 0.15) is 10.2 Å². The number of aliphatic imine (C=N–C) groups is 1. The Hall–Kier alpha value is -1.40. The molecule has 0 amide bonds. The first-order valence-electron chi connectivity index (χ1n) is 6.78. The molecule has 1 aromatic rings. The van der Waals surface area contributed by atoms with Crippen LogP contribution in [0, 0.1) is 0 Å². The summed E-state index contributed by atoms with van der Waals surface area (Å²) < 4.78 is 7.10. The number of carbonyl (C=O) groups excluding carboxylic acids is 1. The molecule has 0 saturated carbocycles. The Bertz CT molecular complexity index is 581. The van der Waals surface area contributed by atoms with E-state index in [1.165, 1.54) is 0 Å². The topological polar surface area (TPSA) is 56.5 Å². The molecule has 2 atom stereocenters. The van der Waals surface area contributed by atoms with Crippen LogP contribution >= 0.6 is 27.5 Å². The third-order valence-corrected chi connectivity index (χ3v) is 3.82. The van der Waals surface area contributed by atoms with Gasteiger partial charge in [-0.1, -0.05) is 12.7 Å². The number of ether oxygens (including phenoxy) is 1. The Labute approximate surface area is 143 Å². The maximum Gasteiger partial charge on any atom is 0.342 e. The first-order chi connectivity index (χ1) is 10.4. The molecule has 1 aromatic heterocycles. The summed E-state index contributed by atoms with van der Waals surface area (Å²) in [5.74, 6) is -0.415. The van der Waals surface area contributed by atoms with Crippen molar-refractivity contribution in [2.24, 2.45) is 4.99 Å². The lowest BCUT2D eigenvalue weighted by Gasteiger charge is -2.18. The average molecular weight is 389 g/mol. The van der Waals surface area contributed by atoms with E-state index in [0.717, 1.165) is 0 Å². The van der Waals surface area contributed by atoms with Crippen LogP contribution in [0.2, 0.25) is 0 Å². The van der Waals surface area contributed by atoms with Crippen LogP contribution in [0.1, 0.15) is 36.7 Å². The van der Waals surface area contributed by atoms with Gasteiger partial charge in [0.2, 0.25) is 0 Å². The monoisotopic (exact) mass is 387 g/mol. The zero-order valence-electron chi connectivity index (χ0n) is 12.6. The van der Waals surface area contributed by atoms with E-state index in [4.69, 9.17) is 16.3 Å². The highest BCUT2D eigenvalue weighted by molar-refractivity contribution is 9.10. The molecule has 1 unspecified atom stereocenters. The van der Waals surface area contributed by atoms with Gasteiger partial charge in [-0.3, -0.25) is 9.67 Å². The van der Waals surface area contributed by atoms with Gasteiger partial charge in [-0.15, -0.1) is 11.6 Å². The fourth-order valence-corrected chi connectivity index (χ4v) is 2.45. The molecule has 0 radical (unpaired) electrons. The van der Waals surface area contributed by atoms with Crippen molar-refractivity contribution in [2.75, 3.05) is 6.61 Å². The van der Waals surface area contributed by atoms with Gasteiger partial charge in [0, 0.05) is 6.20 Å². The third-order valence-electron chi connectivity index (χ3n) is 2.94. The van der Waals surface area contributed by atoms with E-state index >= 15 is 0 Å². The number of rotatable bonds is 8. The Morgan fingerprint density at radius 3 is 2.91 bits per heavy atom. The molecule has 0 aliphatic rings. The largest absolute Gasteiger partial charge is 0.462 e. The van der Waals surface area contributed by atoms with Gasteiger partial charge in [-0.05, 0) is 49.0 Å². The molecule has 5 nitrogen and oxygen atoms in total. The number of carbonyl (C=O) groups is 1. The Balaban J connectivity index is 2.95. The summed E-state index contributed by atoms with van der Waals surface area (Å²) in [4.78, 5) is 15.5. The van der Waals surface area contributed by atoms with Crippen molar-refractivity contribution in [1.29, 1.82) is 0 Å². The number of alkyl halides is 1. The summed E-state index contributed by atoms with van der Waals surface area (Å²) in [7, 11) is 0. The average Bonchev–Trinajstić information content (AvgIpc) is 2.84. The maximum absolute atomic E-state index is 11.8. The summed E-state index contributed by atoms with van der Waals surface area (Å²) >= 11 is 9.52. The van der Waals surface area contributed by atoms with Crippen LogP contribution < -0.4 is 0 Å². The number of aromatic nitrogens is 2. The van der Waals surface area contributed by atoms with Gasteiger partial charge in [0.15, 0.2) is 0 Å². The molecule has 0 aromatic carbocycles. The molecule has 7 heteroatoms. The highest BCUT2D eigenvalue weighted by atomic mass is 79.9. The predicted molar refractivity (Wildman–Crippen MR) is 92.7 cm³/mol. The van der Waals surface area contributed by atoms with Crippen molar-refractivity contribution in [3.8, 4) is 0 Å². The summed E-state index contributed by atoms with van der Waals surface area (Å²) in [5, 5.41) is 4.13. The predicted octanol–water partition coefficient (Wildman–Crippen LogP) is 4.15. The Morgan fingerprint density at radius 2 is 2.36 bits per heavy atom. The molecule has 0 saturated heterocycles. The van der Waals surface area contributed by atoms with E-state index in [0.29, 0.717) is 28.9 Å². The number of nitrogens with zero attached hydrogens (tertiary/aromatic N) is 3. The zero-order chi connectivity index (χ0) is 16.7. The minimum atomic E-state index is -0.415. The fourth-order valence-electron chi connectivity index (χ4n) is 1.79. The van der Waals surface area contributed by atoms with Crippen molar-refractivity contribution in [3.05, 3.63) is 40.8 Å². The highest BCUT2D eigenvalue weighted by Crippen LogP contribution is 2.25. The first kappa shape index (κ1) is 18.6. The SMILES string of the molecule is C=NC(=C)/C=C\C[C@H](C(C)Cl)n1cc(C(=O)OCC)c(Br)n1. The molecule has 1 rings (SSSR count). The second-order valence-electron chi connectivity index (χ2n) is 4.57.